The first-order valence-corrected chi connectivity index (χ1v) is 7.72. The van der Waals surface area contributed by atoms with Crippen molar-refractivity contribution in [3.05, 3.63) is 22.4 Å². The molecule has 0 radical (unpaired) electrons. The normalized spacial score (nSPS) is 14.1. The number of aryl methyl sites for hydroxylation is 1. The molecule has 3 N–H and O–H groups in total. The van der Waals surface area contributed by atoms with Crippen LogP contribution in [-0.2, 0) is 6.42 Å². The van der Waals surface area contributed by atoms with Crippen molar-refractivity contribution in [2.24, 2.45) is 5.84 Å². The molecule has 0 spiro atoms. The van der Waals surface area contributed by atoms with E-state index in [4.69, 9.17) is 5.84 Å². The zero-order chi connectivity index (χ0) is 13.6. The van der Waals surface area contributed by atoms with E-state index in [9.17, 15) is 0 Å². The summed E-state index contributed by atoms with van der Waals surface area (Å²) in [5.41, 5.74) is 4.51. The SMILES string of the molecule is CCN(CC)C(C)(C)C(CCc1ccsc1)NN. The molecule has 4 heteroatoms. The van der Waals surface area contributed by atoms with Gasteiger partial charge < -0.3 is 0 Å². The van der Waals surface area contributed by atoms with Crippen molar-refractivity contribution in [2.45, 2.75) is 52.1 Å². The van der Waals surface area contributed by atoms with Crippen LogP contribution in [0.3, 0.4) is 0 Å². The van der Waals surface area contributed by atoms with Gasteiger partial charge in [-0.2, -0.15) is 11.3 Å². The summed E-state index contributed by atoms with van der Waals surface area (Å²) in [6.45, 7) is 11.1. The Labute approximate surface area is 115 Å². The van der Waals surface area contributed by atoms with Crippen LogP contribution in [0.25, 0.3) is 0 Å². The summed E-state index contributed by atoms with van der Waals surface area (Å²) in [7, 11) is 0. The van der Waals surface area contributed by atoms with E-state index in [-0.39, 0.29) is 5.54 Å². The van der Waals surface area contributed by atoms with Gasteiger partial charge in [0.25, 0.3) is 0 Å². The molecule has 0 amide bonds. The smallest absolute Gasteiger partial charge is 0.0392 e. The molecule has 0 bridgehead atoms. The Balaban J connectivity index is 2.63. The van der Waals surface area contributed by atoms with Crippen LogP contribution in [-0.4, -0.2) is 29.6 Å². The van der Waals surface area contributed by atoms with Gasteiger partial charge in [0.2, 0.25) is 0 Å². The van der Waals surface area contributed by atoms with E-state index in [0.717, 1.165) is 25.9 Å². The molecule has 0 saturated carbocycles. The van der Waals surface area contributed by atoms with E-state index in [1.165, 1.54) is 5.56 Å². The Kier molecular flexibility index (Phi) is 6.29. The van der Waals surface area contributed by atoms with Gasteiger partial charge in [-0.05, 0) is 62.2 Å². The van der Waals surface area contributed by atoms with Crippen molar-refractivity contribution in [1.29, 1.82) is 0 Å². The number of rotatable bonds is 8. The van der Waals surface area contributed by atoms with Crippen molar-refractivity contribution < 1.29 is 0 Å². The number of nitrogens with two attached hydrogens (primary N) is 1. The molecule has 0 saturated heterocycles. The molecular weight excluding hydrogens is 242 g/mol. The molecule has 1 heterocycles. The third-order valence-corrected chi connectivity index (χ3v) is 4.67. The average molecular weight is 269 g/mol. The zero-order valence-corrected chi connectivity index (χ0v) is 12.9. The van der Waals surface area contributed by atoms with Gasteiger partial charge in [-0.3, -0.25) is 16.2 Å². The monoisotopic (exact) mass is 269 g/mol. The van der Waals surface area contributed by atoms with Gasteiger partial charge in [-0.1, -0.05) is 13.8 Å². The molecule has 0 aliphatic heterocycles. The molecule has 1 atom stereocenters. The van der Waals surface area contributed by atoms with Crippen LogP contribution in [0.5, 0.6) is 0 Å². The van der Waals surface area contributed by atoms with Crippen molar-refractivity contribution in [3.63, 3.8) is 0 Å². The predicted octanol–water partition coefficient (Wildman–Crippen LogP) is 2.63. The van der Waals surface area contributed by atoms with Crippen LogP contribution in [0.4, 0.5) is 0 Å². The first-order chi connectivity index (χ1) is 8.56. The fourth-order valence-electron chi connectivity index (χ4n) is 2.65. The molecule has 1 aromatic heterocycles. The molecular formula is C14H27N3S. The first-order valence-electron chi connectivity index (χ1n) is 6.78. The minimum Gasteiger partial charge on any atom is -0.297 e. The maximum absolute atomic E-state index is 5.77. The van der Waals surface area contributed by atoms with Crippen LogP contribution in [0, 0.1) is 0 Å². The second-order valence-corrected chi connectivity index (χ2v) is 6.00. The Bertz CT molecular complexity index is 318. The van der Waals surface area contributed by atoms with Crippen molar-refractivity contribution >= 4 is 11.3 Å². The summed E-state index contributed by atoms with van der Waals surface area (Å²) in [6.07, 6.45) is 2.15. The number of likely N-dealkylation sites (N-methyl/N-ethyl adjacent to an activating group) is 1. The molecule has 1 aromatic rings. The van der Waals surface area contributed by atoms with Crippen molar-refractivity contribution in [1.82, 2.24) is 10.3 Å². The van der Waals surface area contributed by atoms with Gasteiger partial charge in [-0.15, -0.1) is 0 Å². The second-order valence-electron chi connectivity index (χ2n) is 5.22. The van der Waals surface area contributed by atoms with Crippen LogP contribution in [0.1, 0.15) is 39.7 Å². The van der Waals surface area contributed by atoms with Crippen LogP contribution < -0.4 is 11.3 Å². The molecule has 0 aliphatic rings. The summed E-state index contributed by atoms with van der Waals surface area (Å²) in [6, 6.07) is 2.50. The Morgan fingerprint density at radius 2 is 2.06 bits per heavy atom. The van der Waals surface area contributed by atoms with Crippen LogP contribution >= 0.6 is 11.3 Å². The summed E-state index contributed by atoms with van der Waals surface area (Å²) in [5, 5.41) is 4.35. The molecule has 0 aromatic carbocycles. The molecule has 0 fully saturated rings. The largest absolute Gasteiger partial charge is 0.297 e. The van der Waals surface area contributed by atoms with Crippen molar-refractivity contribution in [3.8, 4) is 0 Å². The molecule has 1 rings (SSSR count). The fraction of sp³-hybridized carbons (Fsp3) is 0.714. The van der Waals surface area contributed by atoms with E-state index >= 15 is 0 Å². The number of nitrogens with one attached hydrogen (secondary N) is 1. The van der Waals surface area contributed by atoms with E-state index in [1.54, 1.807) is 11.3 Å². The van der Waals surface area contributed by atoms with Crippen molar-refractivity contribution in [2.75, 3.05) is 13.1 Å². The highest BCUT2D eigenvalue weighted by Gasteiger charge is 2.32. The third kappa shape index (κ3) is 3.79. The minimum absolute atomic E-state index is 0.0777. The summed E-state index contributed by atoms with van der Waals surface area (Å²) < 4.78 is 0. The number of hydrogen-bond donors (Lipinski definition) is 2. The van der Waals surface area contributed by atoms with Gasteiger partial charge >= 0.3 is 0 Å². The van der Waals surface area contributed by atoms with E-state index < -0.39 is 0 Å². The van der Waals surface area contributed by atoms with E-state index in [2.05, 4.69) is 54.8 Å². The highest BCUT2D eigenvalue weighted by molar-refractivity contribution is 7.07. The maximum atomic E-state index is 5.77. The standard InChI is InChI=1S/C14H27N3S/c1-5-17(6-2)14(3,4)13(16-15)8-7-12-9-10-18-11-12/h9-11,13,16H,5-8,15H2,1-4H3. The lowest BCUT2D eigenvalue weighted by Crippen LogP contribution is -2.59. The molecule has 0 aliphatic carbocycles. The van der Waals surface area contributed by atoms with Gasteiger partial charge in [0.05, 0.1) is 0 Å². The predicted molar refractivity (Wildman–Crippen MR) is 80.8 cm³/mol. The number of hydrazine groups is 1. The summed E-state index contributed by atoms with van der Waals surface area (Å²) >= 11 is 1.76. The molecule has 18 heavy (non-hydrogen) atoms. The lowest BCUT2D eigenvalue weighted by Gasteiger charge is -2.43. The summed E-state index contributed by atoms with van der Waals surface area (Å²) in [4.78, 5) is 2.46. The highest BCUT2D eigenvalue weighted by Crippen LogP contribution is 2.22. The topological polar surface area (TPSA) is 41.3 Å². The van der Waals surface area contributed by atoms with Gasteiger partial charge in [0.15, 0.2) is 0 Å². The fourth-order valence-corrected chi connectivity index (χ4v) is 3.35. The Hall–Kier alpha value is -0.420. The maximum Gasteiger partial charge on any atom is 0.0392 e. The summed E-state index contributed by atoms with van der Waals surface area (Å²) in [5.74, 6) is 5.77. The quantitative estimate of drug-likeness (QED) is 0.563. The molecule has 3 nitrogen and oxygen atoms in total. The lowest BCUT2D eigenvalue weighted by molar-refractivity contribution is 0.0877. The average Bonchev–Trinajstić information content (AvgIpc) is 2.83. The lowest BCUT2D eigenvalue weighted by atomic mass is 9.88. The van der Waals surface area contributed by atoms with Gasteiger partial charge in [-0.25, -0.2) is 0 Å². The van der Waals surface area contributed by atoms with Gasteiger partial charge in [0.1, 0.15) is 0 Å². The Morgan fingerprint density at radius 3 is 2.50 bits per heavy atom. The van der Waals surface area contributed by atoms with E-state index in [0.29, 0.717) is 6.04 Å². The number of nitrogens with zero attached hydrogens (tertiary/aromatic N) is 1. The molecule has 104 valence electrons. The second kappa shape index (κ2) is 7.24. The first kappa shape index (κ1) is 15.6. The van der Waals surface area contributed by atoms with Crippen LogP contribution in [0.15, 0.2) is 16.8 Å². The number of hydrogen-bond acceptors (Lipinski definition) is 4. The third-order valence-electron chi connectivity index (χ3n) is 3.93. The number of thiophene rings is 1. The Morgan fingerprint density at radius 1 is 1.39 bits per heavy atom. The zero-order valence-electron chi connectivity index (χ0n) is 12.1. The van der Waals surface area contributed by atoms with Crippen LogP contribution in [0.2, 0.25) is 0 Å². The highest BCUT2D eigenvalue weighted by atomic mass is 32.1. The van der Waals surface area contributed by atoms with Gasteiger partial charge in [0, 0.05) is 11.6 Å². The van der Waals surface area contributed by atoms with E-state index in [1.807, 2.05) is 0 Å². The minimum atomic E-state index is 0.0777. The molecule has 1 unspecified atom stereocenters.